The van der Waals surface area contributed by atoms with Crippen molar-refractivity contribution in [3.8, 4) is 0 Å². The number of anilines is 1. The van der Waals surface area contributed by atoms with Crippen molar-refractivity contribution in [1.29, 1.82) is 0 Å². The fourth-order valence-corrected chi connectivity index (χ4v) is 3.19. The van der Waals surface area contributed by atoms with Gasteiger partial charge in [0, 0.05) is 19.0 Å². The average molecular weight is 526 g/mol. The van der Waals surface area contributed by atoms with Gasteiger partial charge in [0.25, 0.3) is 0 Å². The third-order valence-corrected chi connectivity index (χ3v) is 5.13. The smallest absolute Gasteiger partial charge is 0.414 e. The summed E-state index contributed by atoms with van der Waals surface area (Å²) in [5.41, 5.74) is 0.798. The maximum absolute atomic E-state index is 10.6. The Morgan fingerprint density at radius 2 is 1.00 bits per heavy atom. The summed E-state index contributed by atoms with van der Waals surface area (Å²) in [6, 6.07) is 5.97. The van der Waals surface area contributed by atoms with Gasteiger partial charge in [-0.3, -0.25) is 9.59 Å². The summed E-state index contributed by atoms with van der Waals surface area (Å²) >= 11 is 0. The lowest BCUT2D eigenvalue weighted by atomic mass is 10.0. The van der Waals surface area contributed by atoms with Gasteiger partial charge in [-0.25, -0.2) is 14.4 Å². The van der Waals surface area contributed by atoms with Crippen molar-refractivity contribution in [2.75, 3.05) is 5.32 Å². The van der Waals surface area contributed by atoms with Crippen LogP contribution < -0.4 is 5.32 Å². The molecule has 37 heavy (non-hydrogen) atoms. The molecule has 0 aromatic heterocycles. The first-order valence-electron chi connectivity index (χ1n) is 12.8. The predicted molar refractivity (Wildman–Crippen MR) is 141 cm³/mol. The number of aromatic carboxylic acids is 1. The number of hydrogen-bond acceptors (Lipinski definition) is 5. The van der Waals surface area contributed by atoms with Gasteiger partial charge in [-0.05, 0) is 30.7 Å². The highest BCUT2D eigenvalue weighted by Crippen LogP contribution is 2.13. The summed E-state index contributed by atoms with van der Waals surface area (Å²) in [4.78, 5) is 49.6. The fourth-order valence-electron chi connectivity index (χ4n) is 3.19. The fraction of sp³-hybridized carbons (Fsp3) is 0.593. The molecule has 0 atom stereocenters. The van der Waals surface area contributed by atoms with Crippen LogP contribution >= 0.6 is 0 Å². The SMILES string of the molecule is CC(=O)Nc1ccc(C(=O)O)cc1.CCCCCCCCCCCCCCCC(=O)O.O=C(O)C(=O)O. The van der Waals surface area contributed by atoms with E-state index in [-0.39, 0.29) is 11.5 Å². The lowest BCUT2D eigenvalue weighted by molar-refractivity contribution is -0.159. The summed E-state index contributed by atoms with van der Waals surface area (Å²) < 4.78 is 0. The van der Waals surface area contributed by atoms with E-state index in [4.69, 9.17) is 30.0 Å². The number of aliphatic carboxylic acids is 3. The van der Waals surface area contributed by atoms with Crippen LogP contribution in [0.5, 0.6) is 0 Å². The van der Waals surface area contributed by atoms with Gasteiger partial charge >= 0.3 is 23.9 Å². The number of carboxylic acid groups (broad SMARTS) is 4. The number of rotatable bonds is 16. The molecule has 1 rings (SSSR count). The molecule has 0 fully saturated rings. The summed E-state index contributed by atoms with van der Waals surface area (Å²) in [6.45, 7) is 3.65. The molecule has 0 bridgehead atoms. The summed E-state index contributed by atoms with van der Waals surface area (Å²) in [5, 5.41) is 34.4. The normalized spacial score (nSPS) is 9.68. The van der Waals surface area contributed by atoms with Crippen LogP contribution in [0.3, 0.4) is 0 Å². The van der Waals surface area contributed by atoms with Crippen molar-refractivity contribution in [3.63, 3.8) is 0 Å². The van der Waals surface area contributed by atoms with E-state index in [1.165, 1.54) is 89.7 Å². The Balaban J connectivity index is 0. The van der Waals surface area contributed by atoms with Crippen molar-refractivity contribution in [1.82, 2.24) is 0 Å². The van der Waals surface area contributed by atoms with Crippen LogP contribution in [-0.2, 0) is 19.2 Å². The van der Waals surface area contributed by atoms with Crippen molar-refractivity contribution in [2.45, 2.75) is 104 Å². The lowest BCUT2D eigenvalue weighted by Gasteiger charge is -2.02. The third-order valence-electron chi connectivity index (χ3n) is 5.13. The van der Waals surface area contributed by atoms with Crippen molar-refractivity contribution in [3.05, 3.63) is 29.8 Å². The molecular formula is C27H43NO9. The molecule has 10 nitrogen and oxygen atoms in total. The van der Waals surface area contributed by atoms with Gasteiger partial charge in [0.15, 0.2) is 0 Å². The predicted octanol–water partition coefficient (Wildman–Crippen LogP) is 6.05. The Morgan fingerprint density at radius 1 is 0.622 bits per heavy atom. The molecule has 210 valence electrons. The molecule has 0 aliphatic heterocycles. The minimum atomic E-state index is -1.82. The number of carboxylic acids is 4. The van der Waals surface area contributed by atoms with Crippen molar-refractivity contribution >= 4 is 35.5 Å². The number of benzene rings is 1. The zero-order valence-corrected chi connectivity index (χ0v) is 22.0. The molecule has 0 aliphatic rings. The Bertz CT molecular complexity index is 780. The van der Waals surface area contributed by atoms with Gasteiger partial charge < -0.3 is 25.7 Å². The summed E-state index contributed by atoms with van der Waals surface area (Å²) in [7, 11) is 0. The topological polar surface area (TPSA) is 178 Å². The van der Waals surface area contributed by atoms with E-state index < -0.39 is 23.9 Å². The maximum Gasteiger partial charge on any atom is 0.414 e. The van der Waals surface area contributed by atoms with E-state index in [0.717, 1.165) is 12.8 Å². The first-order valence-corrected chi connectivity index (χ1v) is 12.8. The van der Waals surface area contributed by atoms with Gasteiger partial charge in [-0.2, -0.15) is 0 Å². The standard InChI is InChI=1S/C16H32O2.C9H9NO3.C2H2O4/c1-2-3-4-5-6-7-8-9-10-11-12-13-14-15-16(17)18;1-6(11)10-8-4-2-7(3-5-8)9(12)13;3-1(4)2(5)6/h2-15H2,1H3,(H,17,18);2-5H,1H3,(H,10,11)(H,12,13);(H,3,4)(H,5,6). The first-order chi connectivity index (χ1) is 17.5. The second-order valence-electron chi connectivity index (χ2n) is 8.56. The van der Waals surface area contributed by atoms with E-state index in [1.807, 2.05) is 0 Å². The number of carbonyl (C=O) groups is 5. The van der Waals surface area contributed by atoms with E-state index in [0.29, 0.717) is 12.1 Å². The van der Waals surface area contributed by atoms with Crippen LogP contribution in [-0.4, -0.2) is 50.2 Å². The highest BCUT2D eigenvalue weighted by Gasteiger charge is 2.04. The molecule has 1 aromatic rings. The minimum Gasteiger partial charge on any atom is -0.481 e. The van der Waals surface area contributed by atoms with E-state index in [9.17, 15) is 14.4 Å². The number of carbonyl (C=O) groups excluding carboxylic acids is 1. The highest BCUT2D eigenvalue weighted by molar-refractivity contribution is 6.27. The molecule has 0 aliphatic carbocycles. The van der Waals surface area contributed by atoms with Crippen LogP contribution in [0.15, 0.2) is 24.3 Å². The average Bonchev–Trinajstić information content (AvgIpc) is 2.82. The molecule has 0 heterocycles. The lowest BCUT2D eigenvalue weighted by Crippen LogP contribution is -2.09. The van der Waals surface area contributed by atoms with E-state index in [2.05, 4.69) is 12.2 Å². The molecule has 0 radical (unpaired) electrons. The van der Waals surface area contributed by atoms with E-state index in [1.54, 1.807) is 12.1 Å². The molecule has 1 amide bonds. The van der Waals surface area contributed by atoms with Gasteiger partial charge in [-0.1, -0.05) is 84.0 Å². The van der Waals surface area contributed by atoms with Crippen molar-refractivity contribution < 1.29 is 44.4 Å². The number of nitrogens with one attached hydrogen (secondary N) is 1. The van der Waals surface area contributed by atoms with Crippen LogP contribution in [0.1, 0.15) is 114 Å². The van der Waals surface area contributed by atoms with Crippen molar-refractivity contribution in [2.24, 2.45) is 0 Å². The summed E-state index contributed by atoms with van der Waals surface area (Å²) in [5.74, 6) is -5.46. The zero-order chi connectivity index (χ0) is 28.5. The molecular weight excluding hydrogens is 482 g/mol. The highest BCUT2D eigenvalue weighted by atomic mass is 16.4. The van der Waals surface area contributed by atoms with Gasteiger partial charge in [0.2, 0.25) is 5.91 Å². The Kier molecular flexibility index (Phi) is 23.4. The second-order valence-corrected chi connectivity index (χ2v) is 8.56. The van der Waals surface area contributed by atoms with Gasteiger partial charge in [0.05, 0.1) is 5.56 Å². The molecule has 10 heteroatoms. The Hall–Kier alpha value is -3.43. The zero-order valence-electron chi connectivity index (χ0n) is 22.0. The molecule has 0 saturated carbocycles. The molecule has 1 aromatic carbocycles. The number of unbranched alkanes of at least 4 members (excludes halogenated alkanes) is 12. The van der Waals surface area contributed by atoms with Crippen LogP contribution in [0.25, 0.3) is 0 Å². The Labute approximate surface area is 219 Å². The second kappa shape index (κ2) is 24.3. The van der Waals surface area contributed by atoms with Crippen LogP contribution in [0, 0.1) is 0 Å². The molecule has 0 unspecified atom stereocenters. The first kappa shape index (κ1) is 35.7. The van der Waals surface area contributed by atoms with E-state index >= 15 is 0 Å². The minimum absolute atomic E-state index is 0.178. The monoisotopic (exact) mass is 525 g/mol. The Morgan fingerprint density at radius 3 is 1.30 bits per heavy atom. The molecule has 5 N–H and O–H groups in total. The van der Waals surface area contributed by atoms with Crippen LogP contribution in [0.4, 0.5) is 5.69 Å². The van der Waals surface area contributed by atoms with Crippen LogP contribution in [0.2, 0.25) is 0 Å². The molecule has 0 spiro atoms. The third kappa shape index (κ3) is 27.0. The molecule has 0 saturated heterocycles. The summed E-state index contributed by atoms with van der Waals surface area (Å²) in [6.07, 6.45) is 17.3. The number of amides is 1. The van der Waals surface area contributed by atoms with Gasteiger partial charge in [0.1, 0.15) is 0 Å². The quantitative estimate of drug-likeness (QED) is 0.127. The maximum atomic E-state index is 10.6. The van der Waals surface area contributed by atoms with Gasteiger partial charge in [-0.15, -0.1) is 0 Å². The number of hydrogen-bond donors (Lipinski definition) is 5. The largest absolute Gasteiger partial charge is 0.481 e.